The van der Waals surface area contributed by atoms with Gasteiger partial charge in [-0.2, -0.15) is 0 Å². The van der Waals surface area contributed by atoms with Gasteiger partial charge < -0.3 is 14.8 Å². The Morgan fingerprint density at radius 2 is 1.69 bits per heavy atom. The lowest BCUT2D eigenvalue weighted by Crippen LogP contribution is -2.30. The molecule has 0 aromatic heterocycles. The first-order valence-corrected chi connectivity index (χ1v) is 8.68. The van der Waals surface area contributed by atoms with Crippen molar-refractivity contribution in [3.63, 3.8) is 0 Å². The summed E-state index contributed by atoms with van der Waals surface area (Å²) in [5, 5.41) is 3.23. The van der Waals surface area contributed by atoms with Gasteiger partial charge in [-0.25, -0.2) is 4.79 Å². The molecule has 0 heterocycles. The Kier molecular flexibility index (Phi) is 6.64. The SMILES string of the molecule is Cc1ccc(Cl)cc1NC(=O)[C@H](C)OC(=O)c1ccc(OC(C)C)cc1. The summed E-state index contributed by atoms with van der Waals surface area (Å²) in [4.78, 5) is 24.5. The first-order valence-electron chi connectivity index (χ1n) is 8.31. The Balaban J connectivity index is 1.97. The minimum atomic E-state index is -0.951. The second-order valence-corrected chi connectivity index (χ2v) is 6.62. The lowest BCUT2D eigenvalue weighted by Gasteiger charge is -2.15. The highest BCUT2D eigenvalue weighted by Crippen LogP contribution is 2.21. The van der Waals surface area contributed by atoms with E-state index < -0.39 is 18.0 Å². The smallest absolute Gasteiger partial charge is 0.338 e. The summed E-state index contributed by atoms with van der Waals surface area (Å²) in [5.74, 6) is -0.339. The zero-order valence-corrected chi connectivity index (χ0v) is 16.0. The molecular formula is C20H22ClNO4. The molecule has 2 aromatic rings. The highest BCUT2D eigenvalue weighted by molar-refractivity contribution is 6.31. The van der Waals surface area contributed by atoms with E-state index in [2.05, 4.69) is 5.32 Å². The third-order valence-corrected chi connectivity index (χ3v) is 3.81. The van der Waals surface area contributed by atoms with Gasteiger partial charge in [-0.3, -0.25) is 4.79 Å². The van der Waals surface area contributed by atoms with Crippen LogP contribution in [-0.4, -0.2) is 24.1 Å². The molecule has 26 heavy (non-hydrogen) atoms. The lowest BCUT2D eigenvalue weighted by atomic mass is 10.2. The van der Waals surface area contributed by atoms with Crippen molar-refractivity contribution in [3.05, 3.63) is 58.6 Å². The molecule has 2 rings (SSSR count). The standard InChI is InChI=1S/C20H22ClNO4/c1-12(2)25-17-9-6-15(7-10-17)20(24)26-14(4)19(23)22-18-11-16(21)8-5-13(18)3/h5-12,14H,1-4H3,(H,22,23)/t14-/m0/s1. The van der Waals surface area contributed by atoms with Gasteiger partial charge in [-0.15, -0.1) is 0 Å². The van der Waals surface area contributed by atoms with Crippen LogP contribution in [-0.2, 0) is 9.53 Å². The molecule has 0 saturated carbocycles. The van der Waals surface area contributed by atoms with Gasteiger partial charge in [-0.1, -0.05) is 17.7 Å². The molecule has 6 heteroatoms. The fourth-order valence-electron chi connectivity index (χ4n) is 2.19. The van der Waals surface area contributed by atoms with Gasteiger partial charge >= 0.3 is 5.97 Å². The number of esters is 1. The third-order valence-electron chi connectivity index (χ3n) is 3.57. The van der Waals surface area contributed by atoms with Gasteiger partial charge in [0, 0.05) is 10.7 Å². The van der Waals surface area contributed by atoms with Crippen molar-refractivity contribution in [2.24, 2.45) is 0 Å². The number of anilines is 1. The molecular weight excluding hydrogens is 354 g/mol. The summed E-state index contributed by atoms with van der Waals surface area (Å²) < 4.78 is 10.8. The molecule has 1 amide bonds. The van der Waals surface area contributed by atoms with E-state index in [0.717, 1.165) is 5.56 Å². The Morgan fingerprint density at radius 1 is 1.04 bits per heavy atom. The number of amides is 1. The number of halogens is 1. The molecule has 0 aliphatic heterocycles. The van der Waals surface area contributed by atoms with Gasteiger partial charge in [0.2, 0.25) is 0 Å². The Morgan fingerprint density at radius 3 is 2.31 bits per heavy atom. The minimum Gasteiger partial charge on any atom is -0.491 e. The molecule has 1 N–H and O–H groups in total. The highest BCUT2D eigenvalue weighted by atomic mass is 35.5. The number of ether oxygens (including phenoxy) is 2. The van der Waals surface area contributed by atoms with Crippen LogP contribution in [0.25, 0.3) is 0 Å². The number of aryl methyl sites for hydroxylation is 1. The average Bonchev–Trinajstić information content (AvgIpc) is 2.58. The van der Waals surface area contributed by atoms with Crippen molar-refractivity contribution in [1.82, 2.24) is 0 Å². The van der Waals surface area contributed by atoms with E-state index in [1.807, 2.05) is 20.8 Å². The van der Waals surface area contributed by atoms with Crippen LogP contribution in [0.2, 0.25) is 5.02 Å². The number of hydrogen-bond acceptors (Lipinski definition) is 4. The third kappa shape index (κ3) is 5.49. The quantitative estimate of drug-likeness (QED) is 0.748. The van der Waals surface area contributed by atoms with Gasteiger partial charge in [0.15, 0.2) is 6.10 Å². The summed E-state index contributed by atoms with van der Waals surface area (Å²) >= 11 is 5.94. The van der Waals surface area contributed by atoms with Gasteiger partial charge in [0.05, 0.1) is 11.7 Å². The van der Waals surface area contributed by atoms with Crippen LogP contribution in [0.5, 0.6) is 5.75 Å². The van der Waals surface area contributed by atoms with Crippen molar-refractivity contribution in [2.75, 3.05) is 5.32 Å². The largest absolute Gasteiger partial charge is 0.491 e. The maximum absolute atomic E-state index is 12.3. The second-order valence-electron chi connectivity index (χ2n) is 6.19. The highest BCUT2D eigenvalue weighted by Gasteiger charge is 2.19. The summed E-state index contributed by atoms with van der Waals surface area (Å²) in [6.07, 6.45) is -0.904. The summed E-state index contributed by atoms with van der Waals surface area (Å²) in [6, 6.07) is 11.8. The van der Waals surface area contributed by atoms with Crippen molar-refractivity contribution in [2.45, 2.75) is 39.9 Å². The van der Waals surface area contributed by atoms with E-state index >= 15 is 0 Å². The fraction of sp³-hybridized carbons (Fsp3) is 0.300. The van der Waals surface area contributed by atoms with Crippen LogP contribution >= 0.6 is 11.6 Å². The molecule has 1 atom stereocenters. The van der Waals surface area contributed by atoms with Crippen LogP contribution in [0.15, 0.2) is 42.5 Å². The summed E-state index contributed by atoms with van der Waals surface area (Å²) in [5.41, 5.74) is 1.79. The molecule has 138 valence electrons. The molecule has 0 aliphatic carbocycles. The topological polar surface area (TPSA) is 64.6 Å². The molecule has 0 spiro atoms. The molecule has 0 fully saturated rings. The van der Waals surface area contributed by atoms with E-state index in [0.29, 0.717) is 22.0 Å². The fourth-order valence-corrected chi connectivity index (χ4v) is 2.36. The van der Waals surface area contributed by atoms with E-state index in [9.17, 15) is 9.59 Å². The van der Waals surface area contributed by atoms with Crippen molar-refractivity contribution >= 4 is 29.2 Å². The van der Waals surface area contributed by atoms with Gasteiger partial charge in [0.25, 0.3) is 5.91 Å². The summed E-state index contributed by atoms with van der Waals surface area (Å²) in [6.45, 7) is 7.21. The van der Waals surface area contributed by atoms with Crippen LogP contribution in [0.1, 0.15) is 36.7 Å². The second kappa shape index (κ2) is 8.72. The number of benzene rings is 2. The number of nitrogens with one attached hydrogen (secondary N) is 1. The Labute approximate surface area is 158 Å². The first-order chi connectivity index (χ1) is 12.3. The van der Waals surface area contributed by atoms with Crippen molar-refractivity contribution < 1.29 is 19.1 Å². The number of carbonyl (C=O) groups excluding carboxylic acids is 2. The van der Waals surface area contributed by atoms with E-state index in [4.69, 9.17) is 21.1 Å². The first kappa shape index (κ1) is 19.8. The average molecular weight is 376 g/mol. The van der Waals surface area contributed by atoms with E-state index in [1.54, 1.807) is 42.5 Å². The van der Waals surface area contributed by atoms with Crippen molar-refractivity contribution in [1.29, 1.82) is 0 Å². The number of rotatable bonds is 6. The number of hydrogen-bond donors (Lipinski definition) is 1. The van der Waals surface area contributed by atoms with Crippen LogP contribution in [0.3, 0.4) is 0 Å². The van der Waals surface area contributed by atoms with Crippen LogP contribution in [0.4, 0.5) is 5.69 Å². The predicted molar refractivity (Wildman–Crippen MR) is 102 cm³/mol. The molecule has 0 unspecified atom stereocenters. The lowest BCUT2D eigenvalue weighted by molar-refractivity contribution is -0.123. The minimum absolute atomic E-state index is 0.0477. The van der Waals surface area contributed by atoms with Gasteiger partial charge in [-0.05, 0) is 69.7 Å². The Bertz CT molecular complexity index is 787. The van der Waals surface area contributed by atoms with Crippen molar-refractivity contribution in [3.8, 4) is 5.75 Å². The monoisotopic (exact) mass is 375 g/mol. The summed E-state index contributed by atoms with van der Waals surface area (Å²) in [7, 11) is 0. The molecule has 0 saturated heterocycles. The van der Waals surface area contributed by atoms with E-state index in [-0.39, 0.29) is 6.10 Å². The van der Waals surface area contributed by atoms with E-state index in [1.165, 1.54) is 6.92 Å². The maximum Gasteiger partial charge on any atom is 0.338 e. The zero-order valence-electron chi connectivity index (χ0n) is 15.2. The molecule has 0 bridgehead atoms. The number of carbonyl (C=O) groups is 2. The predicted octanol–water partition coefficient (Wildman–Crippen LogP) is 4.62. The normalized spacial score (nSPS) is 11.8. The maximum atomic E-state index is 12.3. The molecule has 0 aliphatic rings. The van der Waals surface area contributed by atoms with Gasteiger partial charge in [0.1, 0.15) is 5.75 Å². The molecule has 2 aromatic carbocycles. The Hall–Kier alpha value is -2.53. The zero-order chi connectivity index (χ0) is 19.3. The molecule has 0 radical (unpaired) electrons. The van der Waals surface area contributed by atoms with Crippen LogP contribution < -0.4 is 10.1 Å². The van der Waals surface area contributed by atoms with Crippen LogP contribution in [0, 0.1) is 6.92 Å². The molecule has 5 nitrogen and oxygen atoms in total.